The number of aromatic nitrogens is 1. The Labute approximate surface area is 155 Å². The molecule has 0 amide bonds. The van der Waals surface area contributed by atoms with Crippen LogP contribution in [-0.2, 0) is 4.84 Å². The first kappa shape index (κ1) is 19.5. The number of allylic oxidation sites excluding steroid dienone is 1. The molecule has 0 radical (unpaired) electrons. The van der Waals surface area contributed by atoms with Crippen LogP contribution in [0.2, 0.25) is 0 Å². The maximum Gasteiger partial charge on any atom is 0.138 e. The Kier molecular flexibility index (Phi) is 7.21. The highest BCUT2D eigenvalue weighted by Crippen LogP contribution is 2.31. The van der Waals surface area contributed by atoms with Crippen LogP contribution in [0.4, 0.5) is 0 Å². The molecule has 26 heavy (non-hydrogen) atoms. The van der Waals surface area contributed by atoms with Crippen molar-refractivity contribution in [3.05, 3.63) is 65.0 Å². The van der Waals surface area contributed by atoms with E-state index < -0.39 is 0 Å². The fourth-order valence-electron chi connectivity index (χ4n) is 2.50. The third-order valence-electron chi connectivity index (χ3n) is 3.84. The topological polar surface area (TPSA) is 52.9 Å². The molecular formula is C21H26N2O3. The van der Waals surface area contributed by atoms with Gasteiger partial charge in [-0.2, -0.15) is 0 Å². The van der Waals surface area contributed by atoms with E-state index >= 15 is 0 Å². The van der Waals surface area contributed by atoms with E-state index in [1.54, 1.807) is 12.4 Å². The standard InChI is InChI=1S/C21H26N2O3/c1-6-7-10-25-19-11-15(2)21(16(3)12-19)26-17(4)20-9-8-18(13-22-20)14-23-24-5/h6-9,11-14,17H,10H2,1-5H3/b7-6+,23-14+. The van der Waals surface area contributed by atoms with Crippen LogP contribution in [0.25, 0.3) is 0 Å². The monoisotopic (exact) mass is 354 g/mol. The summed E-state index contributed by atoms with van der Waals surface area (Å²) in [5.74, 6) is 1.71. The van der Waals surface area contributed by atoms with Gasteiger partial charge in [0.25, 0.3) is 0 Å². The van der Waals surface area contributed by atoms with Gasteiger partial charge in [-0.3, -0.25) is 4.98 Å². The highest BCUT2D eigenvalue weighted by molar-refractivity contribution is 5.78. The molecule has 0 bridgehead atoms. The van der Waals surface area contributed by atoms with Gasteiger partial charge in [0.05, 0.1) is 11.9 Å². The fraction of sp³-hybridized carbons (Fsp3) is 0.333. The minimum atomic E-state index is -0.171. The van der Waals surface area contributed by atoms with Gasteiger partial charge in [-0.15, -0.1) is 0 Å². The zero-order chi connectivity index (χ0) is 18.9. The quantitative estimate of drug-likeness (QED) is 0.389. The van der Waals surface area contributed by atoms with Crippen molar-refractivity contribution < 1.29 is 14.3 Å². The van der Waals surface area contributed by atoms with E-state index in [0.29, 0.717) is 6.61 Å². The highest BCUT2D eigenvalue weighted by Gasteiger charge is 2.13. The smallest absolute Gasteiger partial charge is 0.138 e. The Balaban J connectivity index is 2.10. The van der Waals surface area contributed by atoms with Crippen LogP contribution in [0.5, 0.6) is 11.5 Å². The zero-order valence-corrected chi connectivity index (χ0v) is 16.0. The summed E-state index contributed by atoms with van der Waals surface area (Å²) >= 11 is 0. The molecule has 1 heterocycles. The molecule has 2 aromatic rings. The Morgan fingerprint density at radius 3 is 2.50 bits per heavy atom. The minimum absolute atomic E-state index is 0.171. The van der Waals surface area contributed by atoms with Crippen molar-refractivity contribution in [2.24, 2.45) is 5.16 Å². The number of oxime groups is 1. The molecule has 1 unspecified atom stereocenters. The maximum absolute atomic E-state index is 6.17. The van der Waals surface area contributed by atoms with E-state index in [2.05, 4.69) is 15.0 Å². The van der Waals surface area contributed by atoms with Crippen LogP contribution in [0.1, 0.15) is 42.3 Å². The lowest BCUT2D eigenvalue weighted by Gasteiger charge is -2.19. The summed E-state index contributed by atoms with van der Waals surface area (Å²) in [6.45, 7) is 8.57. The van der Waals surface area contributed by atoms with Crippen LogP contribution >= 0.6 is 0 Å². The summed E-state index contributed by atoms with van der Waals surface area (Å²) in [4.78, 5) is 9.12. The lowest BCUT2D eigenvalue weighted by atomic mass is 10.1. The first-order valence-corrected chi connectivity index (χ1v) is 8.59. The molecule has 0 saturated heterocycles. The van der Waals surface area contributed by atoms with Crippen molar-refractivity contribution in [3.63, 3.8) is 0 Å². The van der Waals surface area contributed by atoms with Gasteiger partial charge in [0, 0.05) is 11.8 Å². The molecule has 5 heteroatoms. The van der Waals surface area contributed by atoms with Crippen LogP contribution in [-0.4, -0.2) is 24.9 Å². The molecule has 0 fully saturated rings. The third kappa shape index (κ3) is 5.34. The predicted molar refractivity (Wildman–Crippen MR) is 104 cm³/mol. The summed E-state index contributed by atoms with van der Waals surface area (Å²) in [5.41, 5.74) is 3.80. The van der Waals surface area contributed by atoms with Gasteiger partial charge in [-0.05, 0) is 63.1 Å². The molecule has 0 N–H and O–H groups in total. The molecule has 1 aromatic carbocycles. The average Bonchev–Trinajstić information content (AvgIpc) is 2.63. The lowest BCUT2D eigenvalue weighted by molar-refractivity contribution is 0.215. The van der Waals surface area contributed by atoms with E-state index in [9.17, 15) is 0 Å². The number of hydrogen-bond acceptors (Lipinski definition) is 5. The Bertz CT molecular complexity index is 744. The minimum Gasteiger partial charge on any atom is -0.490 e. The molecule has 0 saturated carbocycles. The van der Waals surface area contributed by atoms with Gasteiger partial charge in [-0.25, -0.2) is 0 Å². The van der Waals surface area contributed by atoms with E-state index in [-0.39, 0.29) is 6.10 Å². The summed E-state index contributed by atoms with van der Waals surface area (Å²) < 4.78 is 11.9. The van der Waals surface area contributed by atoms with Crippen molar-refractivity contribution >= 4 is 6.21 Å². The molecule has 2 rings (SSSR count). The molecule has 5 nitrogen and oxygen atoms in total. The second-order valence-electron chi connectivity index (χ2n) is 5.96. The van der Waals surface area contributed by atoms with Gasteiger partial charge >= 0.3 is 0 Å². The predicted octanol–water partition coefficient (Wildman–Crippen LogP) is 4.77. The van der Waals surface area contributed by atoms with Crippen molar-refractivity contribution in [1.82, 2.24) is 4.98 Å². The van der Waals surface area contributed by atoms with Crippen molar-refractivity contribution in [2.45, 2.75) is 33.8 Å². The molecule has 0 aliphatic carbocycles. The van der Waals surface area contributed by atoms with Crippen LogP contribution in [0.15, 0.2) is 47.8 Å². The van der Waals surface area contributed by atoms with Crippen molar-refractivity contribution in [2.75, 3.05) is 13.7 Å². The molecule has 0 aliphatic rings. The number of hydrogen-bond donors (Lipinski definition) is 0. The SMILES string of the molecule is C/C=C/COc1cc(C)c(OC(C)c2ccc(/C=N/OC)cn2)c(C)c1. The van der Waals surface area contributed by atoms with Crippen LogP contribution in [0.3, 0.4) is 0 Å². The van der Waals surface area contributed by atoms with E-state index in [4.69, 9.17) is 9.47 Å². The fourth-order valence-corrected chi connectivity index (χ4v) is 2.50. The number of ether oxygens (including phenoxy) is 2. The number of benzene rings is 1. The average molecular weight is 354 g/mol. The summed E-state index contributed by atoms with van der Waals surface area (Å²) in [7, 11) is 1.51. The summed E-state index contributed by atoms with van der Waals surface area (Å²) in [6, 6.07) is 7.86. The van der Waals surface area contributed by atoms with Crippen LogP contribution in [0, 0.1) is 13.8 Å². The lowest BCUT2D eigenvalue weighted by Crippen LogP contribution is -2.08. The van der Waals surface area contributed by atoms with Gasteiger partial charge < -0.3 is 14.3 Å². The van der Waals surface area contributed by atoms with E-state index in [1.165, 1.54) is 7.11 Å². The number of nitrogens with zero attached hydrogens (tertiary/aromatic N) is 2. The molecular weight excluding hydrogens is 328 g/mol. The highest BCUT2D eigenvalue weighted by atomic mass is 16.6. The summed E-state index contributed by atoms with van der Waals surface area (Å²) in [6.07, 6.45) is 7.14. The molecule has 0 spiro atoms. The second-order valence-corrected chi connectivity index (χ2v) is 5.96. The third-order valence-corrected chi connectivity index (χ3v) is 3.84. The van der Waals surface area contributed by atoms with Crippen LogP contribution < -0.4 is 9.47 Å². The molecule has 0 aliphatic heterocycles. The largest absolute Gasteiger partial charge is 0.490 e. The number of aryl methyl sites for hydroxylation is 2. The first-order valence-electron chi connectivity index (χ1n) is 8.59. The van der Waals surface area contributed by atoms with E-state index in [1.807, 2.05) is 64.1 Å². The van der Waals surface area contributed by atoms with Crippen molar-refractivity contribution in [1.29, 1.82) is 0 Å². The Morgan fingerprint density at radius 2 is 1.92 bits per heavy atom. The van der Waals surface area contributed by atoms with Gasteiger partial charge in [0.1, 0.15) is 31.3 Å². The molecule has 1 atom stereocenters. The summed E-state index contributed by atoms with van der Waals surface area (Å²) in [5, 5.41) is 3.73. The van der Waals surface area contributed by atoms with Crippen molar-refractivity contribution in [3.8, 4) is 11.5 Å². The Hall–Kier alpha value is -2.82. The maximum atomic E-state index is 6.17. The number of rotatable bonds is 8. The second kappa shape index (κ2) is 9.61. The van der Waals surface area contributed by atoms with Gasteiger partial charge in [-0.1, -0.05) is 17.3 Å². The van der Waals surface area contributed by atoms with Gasteiger partial charge in [0.2, 0.25) is 0 Å². The van der Waals surface area contributed by atoms with E-state index in [0.717, 1.165) is 33.9 Å². The van der Waals surface area contributed by atoms with Gasteiger partial charge in [0.15, 0.2) is 0 Å². The Morgan fingerprint density at radius 1 is 1.19 bits per heavy atom. The normalized spacial score (nSPS) is 12.5. The molecule has 138 valence electrons. The molecule has 1 aromatic heterocycles. The first-order chi connectivity index (χ1) is 12.5. The number of pyridine rings is 1. The zero-order valence-electron chi connectivity index (χ0n) is 16.0.